The number of nitrogens with zero attached hydrogens (tertiary/aromatic N) is 1. The minimum atomic E-state index is -4.59. The van der Waals surface area contributed by atoms with Crippen molar-refractivity contribution in [3.63, 3.8) is 0 Å². The van der Waals surface area contributed by atoms with Gasteiger partial charge < -0.3 is 27.9 Å². The van der Waals surface area contributed by atoms with Crippen molar-refractivity contribution in [2.45, 2.75) is 142 Å². The molecule has 10 heteroatoms. The molecule has 0 fully saturated rings. The van der Waals surface area contributed by atoms with Crippen LogP contribution < -0.4 is 4.89 Å². The molecule has 0 aromatic rings. The van der Waals surface area contributed by atoms with Crippen LogP contribution in [0.2, 0.25) is 0 Å². The van der Waals surface area contributed by atoms with E-state index in [1.807, 2.05) is 21.1 Å². The van der Waals surface area contributed by atoms with E-state index in [1.165, 1.54) is 64.2 Å². The maximum absolute atomic E-state index is 12.5. The van der Waals surface area contributed by atoms with Crippen LogP contribution in [0.3, 0.4) is 0 Å². The fraction of sp³-hybridized carbons (Fsp3) is 0.935. The lowest BCUT2D eigenvalue weighted by molar-refractivity contribution is -0.870. The number of hydrogen-bond donors (Lipinski definition) is 0. The summed E-state index contributed by atoms with van der Waals surface area (Å²) in [5.74, 6) is -0.851. The van der Waals surface area contributed by atoms with Crippen LogP contribution >= 0.6 is 7.82 Å². The topological polar surface area (TPSA) is 111 Å². The molecular formula is C31H62NO8P. The second-order valence-electron chi connectivity index (χ2n) is 12.2. The van der Waals surface area contributed by atoms with Crippen molar-refractivity contribution < 1.29 is 42.1 Å². The molecule has 0 heterocycles. The highest BCUT2D eigenvalue weighted by molar-refractivity contribution is 7.45. The third kappa shape index (κ3) is 28.9. The van der Waals surface area contributed by atoms with E-state index in [1.54, 1.807) is 0 Å². The first kappa shape index (κ1) is 40.0. The standard InChI is InChI=1S/C31H62NO8P/c1-6-8-10-12-13-14-15-16-17-18-19-20-22-24-31(34)40-29(27-37-30(33)23-21-11-9-7-2)28-39-41(35,36)38-26-25-32(3,4)5/h29H,6-28H2,1-5H3. The van der Waals surface area contributed by atoms with E-state index in [0.29, 0.717) is 17.4 Å². The van der Waals surface area contributed by atoms with E-state index >= 15 is 0 Å². The summed E-state index contributed by atoms with van der Waals surface area (Å²) in [6.07, 6.45) is 19.0. The summed E-state index contributed by atoms with van der Waals surface area (Å²) in [6, 6.07) is 0. The minimum absolute atomic E-state index is 0.0273. The molecule has 0 radical (unpaired) electrons. The number of phosphoric acid groups is 1. The molecule has 0 aromatic heterocycles. The normalized spacial score (nSPS) is 14.0. The Balaban J connectivity index is 4.38. The fourth-order valence-corrected chi connectivity index (χ4v) is 4.97. The zero-order valence-corrected chi connectivity index (χ0v) is 27.9. The zero-order chi connectivity index (χ0) is 30.8. The van der Waals surface area contributed by atoms with Crippen LogP contribution in [0.15, 0.2) is 0 Å². The summed E-state index contributed by atoms with van der Waals surface area (Å²) < 4.78 is 33.3. The molecule has 0 saturated carbocycles. The van der Waals surface area contributed by atoms with Gasteiger partial charge in [0.2, 0.25) is 0 Å². The van der Waals surface area contributed by atoms with Crippen LogP contribution in [0.5, 0.6) is 0 Å². The van der Waals surface area contributed by atoms with Gasteiger partial charge >= 0.3 is 11.9 Å². The first-order valence-corrected chi connectivity index (χ1v) is 17.7. The van der Waals surface area contributed by atoms with Gasteiger partial charge in [0.15, 0.2) is 6.10 Å². The van der Waals surface area contributed by atoms with Crippen LogP contribution in [0, 0.1) is 0 Å². The summed E-state index contributed by atoms with van der Waals surface area (Å²) in [5, 5.41) is 0. The van der Waals surface area contributed by atoms with Crippen molar-refractivity contribution in [2.75, 3.05) is 47.5 Å². The van der Waals surface area contributed by atoms with E-state index in [9.17, 15) is 19.0 Å². The quantitative estimate of drug-likeness (QED) is 0.0383. The number of carbonyl (C=O) groups excluding carboxylic acids is 2. The Kier molecular flexibility index (Phi) is 24.9. The summed E-state index contributed by atoms with van der Waals surface area (Å²) in [6.45, 7) is 4.07. The molecule has 0 saturated heterocycles. The average molecular weight is 608 g/mol. The number of likely N-dealkylation sites (N-methyl/N-ethyl adjacent to an activating group) is 1. The number of ether oxygens (including phenoxy) is 2. The molecule has 9 nitrogen and oxygen atoms in total. The number of rotatable bonds is 29. The second-order valence-corrected chi connectivity index (χ2v) is 13.6. The average Bonchev–Trinajstić information content (AvgIpc) is 2.90. The molecule has 2 unspecified atom stereocenters. The summed E-state index contributed by atoms with van der Waals surface area (Å²) >= 11 is 0. The SMILES string of the molecule is CCCCCCCCCCCCCCCC(=O)OC(COC(=O)CCCCCC)COP(=O)([O-])OCC[N+](C)(C)C. The lowest BCUT2D eigenvalue weighted by Gasteiger charge is -2.28. The third-order valence-corrected chi connectivity index (χ3v) is 7.84. The number of phosphoric ester groups is 1. The molecule has 0 aliphatic carbocycles. The third-order valence-electron chi connectivity index (χ3n) is 6.88. The predicted octanol–water partition coefficient (Wildman–Crippen LogP) is 7.10. The van der Waals surface area contributed by atoms with Crippen LogP contribution in [-0.2, 0) is 32.7 Å². The van der Waals surface area contributed by atoms with Gasteiger partial charge in [-0.1, -0.05) is 110 Å². The van der Waals surface area contributed by atoms with Gasteiger partial charge in [-0.2, -0.15) is 0 Å². The highest BCUT2D eigenvalue weighted by Gasteiger charge is 2.21. The predicted molar refractivity (Wildman–Crippen MR) is 162 cm³/mol. The first-order valence-electron chi connectivity index (χ1n) is 16.2. The van der Waals surface area contributed by atoms with Crippen LogP contribution in [-0.4, -0.2) is 70.0 Å². The maximum Gasteiger partial charge on any atom is 0.306 e. The van der Waals surface area contributed by atoms with Crippen molar-refractivity contribution in [1.82, 2.24) is 0 Å². The number of unbranched alkanes of at least 4 members (excludes halogenated alkanes) is 15. The van der Waals surface area contributed by atoms with Gasteiger partial charge in [-0.15, -0.1) is 0 Å². The van der Waals surface area contributed by atoms with Crippen LogP contribution in [0.25, 0.3) is 0 Å². The Hall–Kier alpha value is -0.990. The van der Waals surface area contributed by atoms with E-state index in [0.717, 1.165) is 38.5 Å². The van der Waals surface area contributed by atoms with Gasteiger partial charge in [0.1, 0.15) is 19.8 Å². The fourth-order valence-electron chi connectivity index (χ4n) is 4.24. The van der Waals surface area contributed by atoms with E-state index in [2.05, 4.69) is 13.8 Å². The molecule has 0 N–H and O–H groups in total. The Bertz CT molecular complexity index is 698. The molecule has 0 aliphatic rings. The Morgan fingerprint density at radius 3 is 1.59 bits per heavy atom. The Morgan fingerprint density at radius 1 is 0.659 bits per heavy atom. The number of hydrogen-bond acceptors (Lipinski definition) is 8. The van der Waals surface area contributed by atoms with Gasteiger partial charge in [0.05, 0.1) is 27.7 Å². The van der Waals surface area contributed by atoms with Gasteiger partial charge in [0, 0.05) is 12.8 Å². The summed E-state index contributed by atoms with van der Waals surface area (Å²) in [5.41, 5.74) is 0. The molecular weight excluding hydrogens is 545 g/mol. The van der Waals surface area contributed by atoms with Gasteiger partial charge in [-0.25, -0.2) is 0 Å². The molecule has 2 atom stereocenters. The number of quaternary nitrogens is 1. The zero-order valence-electron chi connectivity index (χ0n) is 27.0. The molecule has 0 amide bonds. The number of esters is 2. The molecule has 41 heavy (non-hydrogen) atoms. The van der Waals surface area contributed by atoms with Crippen molar-refractivity contribution in [2.24, 2.45) is 0 Å². The molecule has 0 bridgehead atoms. The Morgan fingerprint density at radius 2 is 1.10 bits per heavy atom. The van der Waals surface area contributed by atoms with Crippen LogP contribution in [0.1, 0.15) is 136 Å². The molecule has 0 aromatic carbocycles. The number of carbonyl (C=O) groups is 2. The molecule has 0 spiro atoms. The largest absolute Gasteiger partial charge is 0.756 e. The van der Waals surface area contributed by atoms with Crippen molar-refractivity contribution in [3.05, 3.63) is 0 Å². The maximum atomic E-state index is 12.5. The lowest BCUT2D eigenvalue weighted by Crippen LogP contribution is -2.37. The van der Waals surface area contributed by atoms with Gasteiger partial charge in [0.25, 0.3) is 7.82 Å². The monoisotopic (exact) mass is 607 g/mol. The summed E-state index contributed by atoms with van der Waals surface area (Å²) in [4.78, 5) is 36.7. The van der Waals surface area contributed by atoms with Gasteiger partial charge in [-0.05, 0) is 12.8 Å². The first-order chi connectivity index (χ1) is 19.5. The smallest absolute Gasteiger partial charge is 0.306 e. The minimum Gasteiger partial charge on any atom is -0.756 e. The van der Waals surface area contributed by atoms with Crippen LogP contribution in [0.4, 0.5) is 0 Å². The van der Waals surface area contributed by atoms with E-state index in [-0.39, 0.29) is 26.1 Å². The van der Waals surface area contributed by atoms with E-state index in [4.69, 9.17) is 18.5 Å². The summed E-state index contributed by atoms with van der Waals surface area (Å²) in [7, 11) is 1.17. The van der Waals surface area contributed by atoms with Crippen molar-refractivity contribution in [1.29, 1.82) is 0 Å². The van der Waals surface area contributed by atoms with Crippen molar-refractivity contribution >= 4 is 19.8 Å². The van der Waals surface area contributed by atoms with Gasteiger partial charge in [-0.3, -0.25) is 14.2 Å². The van der Waals surface area contributed by atoms with Crippen molar-refractivity contribution in [3.8, 4) is 0 Å². The Labute approximate surface area is 251 Å². The lowest BCUT2D eigenvalue weighted by atomic mass is 10.0. The molecule has 0 aliphatic heterocycles. The highest BCUT2D eigenvalue weighted by atomic mass is 31.2. The molecule has 0 rings (SSSR count). The molecule has 244 valence electrons. The highest BCUT2D eigenvalue weighted by Crippen LogP contribution is 2.38. The van der Waals surface area contributed by atoms with E-state index < -0.39 is 32.5 Å². The second kappa shape index (κ2) is 25.5.